The van der Waals surface area contributed by atoms with E-state index in [1.807, 2.05) is 13.0 Å². The lowest BCUT2D eigenvalue weighted by atomic mass is 9.94. The van der Waals surface area contributed by atoms with Crippen LogP contribution in [0.25, 0.3) is 0 Å². The van der Waals surface area contributed by atoms with Gasteiger partial charge in [0.1, 0.15) is 0 Å². The van der Waals surface area contributed by atoms with Gasteiger partial charge in [0.25, 0.3) is 0 Å². The maximum atomic E-state index is 10.0. The van der Waals surface area contributed by atoms with Gasteiger partial charge in [0.2, 0.25) is 0 Å². The first-order chi connectivity index (χ1) is 6.20. The third-order valence-electron chi connectivity index (χ3n) is 2.18. The van der Waals surface area contributed by atoms with Crippen molar-refractivity contribution < 1.29 is 14.3 Å². The Hall–Kier alpha value is -0.800. The van der Waals surface area contributed by atoms with E-state index < -0.39 is 5.60 Å². The number of methoxy groups -OCH3 is 1. The van der Waals surface area contributed by atoms with Crippen LogP contribution < -0.4 is 0 Å². The van der Waals surface area contributed by atoms with E-state index >= 15 is 0 Å². The van der Waals surface area contributed by atoms with Crippen LogP contribution in [0, 0.1) is 0 Å². The van der Waals surface area contributed by atoms with Gasteiger partial charge < -0.3 is 14.3 Å². The second-order valence-electron chi connectivity index (χ2n) is 3.32. The van der Waals surface area contributed by atoms with Crippen molar-refractivity contribution in [3.05, 3.63) is 24.2 Å². The Labute approximate surface area is 78.3 Å². The lowest BCUT2D eigenvalue weighted by molar-refractivity contribution is -0.0333. The zero-order chi connectivity index (χ0) is 9.73. The number of aliphatic hydroxyl groups is 1. The molecule has 3 nitrogen and oxygen atoms in total. The highest BCUT2D eigenvalue weighted by atomic mass is 16.5. The smallest absolute Gasteiger partial charge is 0.0935 e. The lowest BCUT2D eigenvalue weighted by Gasteiger charge is -2.24. The van der Waals surface area contributed by atoms with Crippen molar-refractivity contribution in [2.24, 2.45) is 0 Å². The zero-order valence-corrected chi connectivity index (χ0v) is 8.12. The molecule has 1 N–H and O–H groups in total. The normalized spacial score (nSPS) is 15.6. The number of ether oxygens (including phenoxy) is 1. The SMILES string of the molecule is CCC(O)(COC)Cc1ccoc1. The average molecular weight is 184 g/mol. The molecule has 1 rings (SSSR count). The minimum absolute atomic E-state index is 0.356. The van der Waals surface area contributed by atoms with Gasteiger partial charge in [0, 0.05) is 13.5 Å². The molecule has 0 aliphatic heterocycles. The monoisotopic (exact) mass is 184 g/mol. The largest absolute Gasteiger partial charge is 0.472 e. The molecule has 0 aliphatic rings. The van der Waals surface area contributed by atoms with E-state index in [1.165, 1.54) is 0 Å². The standard InChI is InChI=1S/C10H16O3/c1-3-10(11,8-12-2)6-9-4-5-13-7-9/h4-5,7,11H,3,6,8H2,1-2H3. The van der Waals surface area contributed by atoms with Gasteiger partial charge >= 0.3 is 0 Å². The average Bonchev–Trinajstić information content (AvgIpc) is 2.57. The zero-order valence-electron chi connectivity index (χ0n) is 8.12. The molecule has 74 valence electrons. The molecule has 1 aromatic heterocycles. The van der Waals surface area contributed by atoms with Crippen molar-refractivity contribution in [1.29, 1.82) is 0 Å². The van der Waals surface area contributed by atoms with Crippen LogP contribution in [-0.2, 0) is 11.2 Å². The number of hydrogen-bond acceptors (Lipinski definition) is 3. The Morgan fingerprint density at radius 3 is 2.85 bits per heavy atom. The van der Waals surface area contributed by atoms with Crippen molar-refractivity contribution in [2.75, 3.05) is 13.7 Å². The number of hydrogen-bond donors (Lipinski definition) is 1. The predicted molar refractivity (Wildman–Crippen MR) is 49.5 cm³/mol. The minimum Gasteiger partial charge on any atom is -0.472 e. The Bertz CT molecular complexity index is 230. The molecular formula is C10H16O3. The van der Waals surface area contributed by atoms with Gasteiger partial charge in [-0.15, -0.1) is 0 Å². The summed E-state index contributed by atoms with van der Waals surface area (Å²) in [6, 6.07) is 1.86. The third kappa shape index (κ3) is 2.86. The highest BCUT2D eigenvalue weighted by Gasteiger charge is 2.25. The number of furan rings is 1. The molecule has 1 heterocycles. The van der Waals surface area contributed by atoms with Gasteiger partial charge in [0.05, 0.1) is 24.7 Å². The van der Waals surface area contributed by atoms with Crippen LogP contribution in [0.3, 0.4) is 0 Å². The van der Waals surface area contributed by atoms with E-state index in [0.717, 1.165) is 5.56 Å². The van der Waals surface area contributed by atoms with E-state index in [2.05, 4.69) is 0 Å². The molecule has 0 aromatic carbocycles. The highest BCUT2D eigenvalue weighted by Crippen LogP contribution is 2.17. The summed E-state index contributed by atoms with van der Waals surface area (Å²) < 4.78 is 9.90. The molecule has 1 aromatic rings. The van der Waals surface area contributed by atoms with Gasteiger partial charge in [-0.2, -0.15) is 0 Å². The number of rotatable bonds is 5. The van der Waals surface area contributed by atoms with E-state index in [-0.39, 0.29) is 0 Å². The molecule has 0 saturated carbocycles. The quantitative estimate of drug-likeness (QED) is 0.756. The second-order valence-corrected chi connectivity index (χ2v) is 3.32. The van der Waals surface area contributed by atoms with Crippen LogP contribution in [0.15, 0.2) is 23.0 Å². The molecule has 13 heavy (non-hydrogen) atoms. The summed E-state index contributed by atoms with van der Waals surface area (Å²) in [4.78, 5) is 0. The molecule has 0 amide bonds. The summed E-state index contributed by atoms with van der Waals surface area (Å²) >= 11 is 0. The summed E-state index contributed by atoms with van der Waals surface area (Å²) in [5.41, 5.74) is 0.236. The summed E-state index contributed by atoms with van der Waals surface area (Å²) in [6.07, 6.45) is 4.51. The van der Waals surface area contributed by atoms with Gasteiger partial charge in [0.15, 0.2) is 0 Å². The molecule has 0 bridgehead atoms. The molecule has 0 radical (unpaired) electrons. The van der Waals surface area contributed by atoms with Crippen LogP contribution in [0.1, 0.15) is 18.9 Å². The van der Waals surface area contributed by atoms with Gasteiger partial charge in [-0.25, -0.2) is 0 Å². The Morgan fingerprint density at radius 1 is 1.62 bits per heavy atom. The van der Waals surface area contributed by atoms with E-state index in [0.29, 0.717) is 19.4 Å². The molecule has 0 aliphatic carbocycles. The van der Waals surface area contributed by atoms with Crippen molar-refractivity contribution in [1.82, 2.24) is 0 Å². The van der Waals surface area contributed by atoms with E-state index in [9.17, 15) is 5.11 Å². The third-order valence-corrected chi connectivity index (χ3v) is 2.18. The minimum atomic E-state index is -0.765. The van der Waals surface area contributed by atoms with Gasteiger partial charge in [-0.05, 0) is 18.1 Å². The van der Waals surface area contributed by atoms with Crippen molar-refractivity contribution in [2.45, 2.75) is 25.4 Å². The first-order valence-electron chi connectivity index (χ1n) is 4.42. The first-order valence-corrected chi connectivity index (χ1v) is 4.42. The summed E-state index contributed by atoms with van der Waals surface area (Å²) in [5, 5.41) is 10.0. The highest BCUT2D eigenvalue weighted by molar-refractivity contribution is 5.09. The molecule has 1 atom stereocenters. The lowest BCUT2D eigenvalue weighted by Crippen LogP contribution is -2.35. The molecule has 3 heteroatoms. The summed E-state index contributed by atoms with van der Waals surface area (Å²) in [6.45, 7) is 2.30. The Morgan fingerprint density at radius 2 is 2.38 bits per heavy atom. The maximum Gasteiger partial charge on any atom is 0.0935 e. The van der Waals surface area contributed by atoms with Crippen LogP contribution in [-0.4, -0.2) is 24.4 Å². The Kier molecular flexibility index (Phi) is 3.51. The fourth-order valence-electron chi connectivity index (χ4n) is 1.32. The predicted octanol–water partition coefficient (Wildman–Crippen LogP) is 1.61. The van der Waals surface area contributed by atoms with Crippen molar-refractivity contribution in [3.63, 3.8) is 0 Å². The van der Waals surface area contributed by atoms with Crippen molar-refractivity contribution in [3.8, 4) is 0 Å². The molecule has 0 saturated heterocycles. The molecular weight excluding hydrogens is 168 g/mol. The Balaban J connectivity index is 2.58. The maximum absolute atomic E-state index is 10.0. The fraction of sp³-hybridized carbons (Fsp3) is 0.600. The van der Waals surface area contributed by atoms with Gasteiger partial charge in [-0.3, -0.25) is 0 Å². The van der Waals surface area contributed by atoms with E-state index in [1.54, 1.807) is 19.6 Å². The summed E-state index contributed by atoms with van der Waals surface area (Å²) in [7, 11) is 1.59. The van der Waals surface area contributed by atoms with Crippen LogP contribution in [0.4, 0.5) is 0 Å². The topological polar surface area (TPSA) is 42.6 Å². The fourth-order valence-corrected chi connectivity index (χ4v) is 1.32. The van der Waals surface area contributed by atoms with Crippen LogP contribution in [0.5, 0.6) is 0 Å². The van der Waals surface area contributed by atoms with Crippen LogP contribution in [0.2, 0.25) is 0 Å². The van der Waals surface area contributed by atoms with Crippen LogP contribution >= 0.6 is 0 Å². The van der Waals surface area contributed by atoms with E-state index in [4.69, 9.17) is 9.15 Å². The first kappa shape index (κ1) is 10.3. The summed E-state index contributed by atoms with van der Waals surface area (Å²) in [5.74, 6) is 0. The molecule has 0 spiro atoms. The second kappa shape index (κ2) is 4.44. The molecule has 1 unspecified atom stereocenters. The molecule has 0 fully saturated rings. The van der Waals surface area contributed by atoms with Gasteiger partial charge in [-0.1, -0.05) is 6.92 Å². The van der Waals surface area contributed by atoms with Crippen molar-refractivity contribution >= 4 is 0 Å².